The van der Waals surface area contributed by atoms with Gasteiger partial charge in [0, 0.05) is 24.7 Å². The Morgan fingerprint density at radius 3 is 2.68 bits per heavy atom. The van der Waals surface area contributed by atoms with Crippen LogP contribution in [0.1, 0.15) is 37.0 Å². The van der Waals surface area contributed by atoms with E-state index in [1.165, 1.54) is 0 Å². The van der Waals surface area contributed by atoms with Crippen molar-refractivity contribution in [1.82, 2.24) is 24.4 Å². The lowest BCUT2D eigenvalue weighted by Gasteiger charge is -2.13. The molecule has 0 radical (unpaired) electrons. The van der Waals surface area contributed by atoms with Gasteiger partial charge in [-0.3, -0.25) is 9.48 Å². The van der Waals surface area contributed by atoms with E-state index in [2.05, 4.69) is 41.3 Å². The number of hydrogen-bond donors (Lipinski definition) is 1. The second-order valence-electron chi connectivity index (χ2n) is 6.17. The molecule has 0 aliphatic heterocycles. The van der Waals surface area contributed by atoms with E-state index in [0.29, 0.717) is 17.2 Å². The zero-order valence-corrected chi connectivity index (χ0v) is 13.0. The summed E-state index contributed by atoms with van der Waals surface area (Å²) in [5.74, 6) is 0.340. The first-order chi connectivity index (χ1) is 10.4. The average Bonchev–Trinajstić information content (AvgIpc) is 3.04. The Balaban J connectivity index is 1.92. The van der Waals surface area contributed by atoms with Crippen LogP contribution in [0.25, 0.3) is 5.65 Å². The number of carbonyl (C=O) groups excluding carboxylic acids is 1. The third kappa shape index (κ3) is 2.45. The average molecular weight is 298 g/mol. The molecule has 7 heteroatoms. The van der Waals surface area contributed by atoms with Gasteiger partial charge < -0.3 is 5.32 Å². The standard InChI is InChI=1S/C15H18N6O/c1-15(2,3)11-9-10(20(4)19-11)14(22)18-13-5-7-16-12-6-8-17-21(12)13/h5-9H,1-4H3,(H,18,22). The molecule has 3 aromatic heterocycles. The number of aromatic nitrogens is 5. The highest BCUT2D eigenvalue weighted by atomic mass is 16.2. The summed E-state index contributed by atoms with van der Waals surface area (Å²) in [6, 6.07) is 5.30. The SMILES string of the molecule is Cn1nc(C(C)(C)C)cc1C(=O)Nc1ccnc2ccnn12. The molecular formula is C15H18N6O. The molecule has 0 unspecified atom stereocenters. The third-order valence-corrected chi connectivity index (χ3v) is 3.41. The monoisotopic (exact) mass is 298 g/mol. The molecular weight excluding hydrogens is 280 g/mol. The predicted octanol–water partition coefficient (Wildman–Crippen LogP) is 2.01. The van der Waals surface area contributed by atoms with Crippen LogP contribution in [-0.2, 0) is 12.5 Å². The Morgan fingerprint density at radius 2 is 2.00 bits per heavy atom. The Labute approximate surface area is 128 Å². The van der Waals surface area contributed by atoms with Gasteiger partial charge in [-0.25, -0.2) is 4.98 Å². The zero-order valence-electron chi connectivity index (χ0n) is 13.0. The minimum atomic E-state index is -0.228. The highest BCUT2D eigenvalue weighted by molar-refractivity contribution is 6.02. The molecule has 0 aromatic carbocycles. The molecule has 0 bridgehead atoms. The van der Waals surface area contributed by atoms with Gasteiger partial charge in [0.15, 0.2) is 5.65 Å². The Morgan fingerprint density at radius 1 is 1.23 bits per heavy atom. The summed E-state index contributed by atoms with van der Waals surface area (Å²) in [6.07, 6.45) is 3.27. The van der Waals surface area contributed by atoms with E-state index in [1.807, 2.05) is 6.07 Å². The van der Waals surface area contributed by atoms with Crippen molar-refractivity contribution in [2.24, 2.45) is 7.05 Å². The Bertz CT molecular complexity index is 839. The van der Waals surface area contributed by atoms with Gasteiger partial charge in [-0.2, -0.15) is 14.7 Å². The first-order valence-electron chi connectivity index (χ1n) is 7.01. The molecule has 3 rings (SSSR count). The fourth-order valence-electron chi connectivity index (χ4n) is 2.16. The fraction of sp³-hybridized carbons (Fsp3) is 0.333. The molecule has 1 N–H and O–H groups in total. The van der Waals surface area contributed by atoms with Crippen molar-refractivity contribution in [2.45, 2.75) is 26.2 Å². The van der Waals surface area contributed by atoms with Crippen molar-refractivity contribution < 1.29 is 4.79 Å². The second-order valence-corrected chi connectivity index (χ2v) is 6.17. The minimum Gasteiger partial charge on any atom is -0.305 e. The smallest absolute Gasteiger partial charge is 0.275 e. The molecule has 7 nitrogen and oxygen atoms in total. The van der Waals surface area contributed by atoms with Crippen molar-refractivity contribution in [3.05, 3.63) is 42.0 Å². The van der Waals surface area contributed by atoms with Crippen LogP contribution in [0.5, 0.6) is 0 Å². The number of carbonyl (C=O) groups is 1. The largest absolute Gasteiger partial charge is 0.305 e. The van der Waals surface area contributed by atoms with Gasteiger partial charge in [0.05, 0.1) is 11.9 Å². The van der Waals surface area contributed by atoms with Crippen molar-refractivity contribution in [3.63, 3.8) is 0 Å². The Hall–Kier alpha value is -2.70. The Kier molecular flexibility index (Phi) is 3.20. The zero-order chi connectivity index (χ0) is 15.9. The topological polar surface area (TPSA) is 77.1 Å². The van der Waals surface area contributed by atoms with E-state index >= 15 is 0 Å². The van der Waals surface area contributed by atoms with Crippen LogP contribution in [-0.4, -0.2) is 30.3 Å². The van der Waals surface area contributed by atoms with Crippen LogP contribution in [0.2, 0.25) is 0 Å². The van der Waals surface area contributed by atoms with E-state index in [0.717, 1.165) is 5.69 Å². The molecule has 0 atom stereocenters. The van der Waals surface area contributed by atoms with E-state index < -0.39 is 0 Å². The summed E-state index contributed by atoms with van der Waals surface area (Å²) in [4.78, 5) is 16.7. The lowest BCUT2D eigenvalue weighted by molar-refractivity contribution is 0.101. The van der Waals surface area contributed by atoms with Crippen molar-refractivity contribution in [2.75, 3.05) is 5.32 Å². The molecule has 0 fully saturated rings. The third-order valence-electron chi connectivity index (χ3n) is 3.41. The maximum atomic E-state index is 12.5. The number of amides is 1. The normalized spacial score (nSPS) is 11.8. The van der Waals surface area contributed by atoms with Gasteiger partial charge in [-0.05, 0) is 12.1 Å². The molecule has 0 aliphatic carbocycles. The van der Waals surface area contributed by atoms with Crippen LogP contribution < -0.4 is 5.32 Å². The quantitative estimate of drug-likeness (QED) is 0.785. The van der Waals surface area contributed by atoms with E-state index in [-0.39, 0.29) is 11.3 Å². The van der Waals surface area contributed by atoms with Gasteiger partial charge in [0.25, 0.3) is 5.91 Å². The van der Waals surface area contributed by atoms with Crippen LogP contribution in [0.15, 0.2) is 30.6 Å². The maximum absolute atomic E-state index is 12.5. The van der Waals surface area contributed by atoms with Gasteiger partial charge in [0.2, 0.25) is 0 Å². The molecule has 0 spiro atoms. The first-order valence-corrected chi connectivity index (χ1v) is 7.01. The number of anilines is 1. The molecule has 0 aliphatic rings. The van der Waals surface area contributed by atoms with Crippen molar-refractivity contribution in [1.29, 1.82) is 0 Å². The molecule has 22 heavy (non-hydrogen) atoms. The number of rotatable bonds is 2. The minimum absolute atomic E-state index is 0.109. The summed E-state index contributed by atoms with van der Waals surface area (Å²) in [5, 5.41) is 11.4. The highest BCUT2D eigenvalue weighted by Gasteiger charge is 2.22. The number of aryl methyl sites for hydroxylation is 1. The number of fused-ring (bicyclic) bond motifs is 1. The fourth-order valence-corrected chi connectivity index (χ4v) is 2.16. The molecule has 114 valence electrons. The van der Waals surface area contributed by atoms with Crippen LogP contribution >= 0.6 is 0 Å². The van der Waals surface area contributed by atoms with E-state index in [1.54, 1.807) is 40.8 Å². The lowest BCUT2D eigenvalue weighted by atomic mass is 9.92. The van der Waals surface area contributed by atoms with E-state index in [4.69, 9.17) is 0 Å². The highest BCUT2D eigenvalue weighted by Crippen LogP contribution is 2.21. The summed E-state index contributed by atoms with van der Waals surface area (Å²) in [7, 11) is 1.76. The summed E-state index contributed by atoms with van der Waals surface area (Å²) >= 11 is 0. The van der Waals surface area contributed by atoms with Gasteiger partial charge in [-0.1, -0.05) is 20.8 Å². The lowest BCUT2D eigenvalue weighted by Crippen LogP contribution is -2.18. The van der Waals surface area contributed by atoms with Crippen molar-refractivity contribution in [3.8, 4) is 0 Å². The molecule has 3 aromatic rings. The molecule has 3 heterocycles. The first kappa shape index (κ1) is 14.2. The molecule has 0 saturated heterocycles. The summed E-state index contributed by atoms with van der Waals surface area (Å²) in [5.41, 5.74) is 1.95. The van der Waals surface area contributed by atoms with Gasteiger partial charge in [0.1, 0.15) is 11.5 Å². The molecule has 1 amide bonds. The molecule has 0 saturated carbocycles. The van der Waals surface area contributed by atoms with Crippen LogP contribution in [0.3, 0.4) is 0 Å². The predicted molar refractivity (Wildman–Crippen MR) is 82.8 cm³/mol. The number of nitrogens with zero attached hydrogens (tertiary/aromatic N) is 5. The van der Waals surface area contributed by atoms with Crippen LogP contribution in [0, 0.1) is 0 Å². The second kappa shape index (κ2) is 4.94. The number of hydrogen-bond acceptors (Lipinski definition) is 4. The maximum Gasteiger partial charge on any atom is 0.275 e. The number of nitrogens with one attached hydrogen (secondary N) is 1. The summed E-state index contributed by atoms with van der Waals surface area (Å²) in [6.45, 7) is 6.19. The van der Waals surface area contributed by atoms with Crippen molar-refractivity contribution >= 4 is 17.4 Å². The van der Waals surface area contributed by atoms with Crippen LogP contribution in [0.4, 0.5) is 5.82 Å². The van der Waals surface area contributed by atoms with Gasteiger partial charge in [-0.15, -0.1) is 0 Å². The van der Waals surface area contributed by atoms with E-state index in [9.17, 15) is 4.79 Å². The summed E-state index contributed by atoms with van der Waals surface area (Å²) < 4.78 is 3.18. The van der Waals surface area contributed by atoms with Gasteiger partial charge >= 0.3 is 0 Å².